The van der Waals surface area contributed by atoms with Crippen molar-refractivity contribution in [3.63, 3.8) is 0 Å². The number of aromatic nitrogens is 2. The highest BCUT2D eigenvalue weighted by molar-refractivity contribution is 7.13. The van der Waals surface area contributed by atoms with E-state index >= 15 is 0 Å². The Bertz CT molecular complexity index is 903. The molecule has 0 aliphatic heterocycles. The fourth-order valence-corrected chi connectivity index (χ4v) is 2.95. The molecule has 0 unspecified atom stereocenters. The number of nitrogens with one attached hydrogen (secondary N) is 2. The molecule has 1 aromatic carbocycles. The maximum Gasteiger partial charge on any atom is 0.291 e. The molecule has 7 nitrogen and oxygen atoms in total. The second-order valence-electron chi connectivity index (χ2n) is 5.19. The van der Waals surface area contributed by atoms with Crippen LogP contribution >= 0.6 is 11.3 Å². The van der Waals surface area contributed by atoms with Crippen molar-refractivity contribution in [3.8, 4) is 22.1 Å². The van der Waals surface area contributed by atoms with Gasteiger partial charge in [-0.25, -0.2) is 5.43 Å². The van der Waals surface area contributed by atoms with Crippen LogP contribution in [-0.2, 0) is 0 Å². The molecule has 2 aromatic heterocycles. The summed E-state index contributed by atoms with van der Waals surface area (Å²) in [5.74, 6) is 0.877. The van der Waals surface area contributed by atoms with Gasteiger partial charge in [0.15, 0.2) is 17.2 Å². The van der Waals surface area contributed by atoms with Gasteiger partial charge in [0, 0.05) is 0 Å². The van der Waals surface area contributed by atoms with Crippen LogP contribution in [0.15, 0.2) is 46.9 Å². The molecule has 3 aromatic rings. The molecule has 2 heterocycles. The molecule has 0 spiro atoms. The van der Waals surface area contributed by atoms with Crippen molar-refractivity contribution in [1.82, 2.24) is 15.6 Å². The predicted octanol–water partition coefficient (Wildman–Crippen LogP) is 3.31. The van der Waals surface area contributed by atoms with E-state index in [4.69, 9.17) is 9.47 Å². The first kappa shape index (κ1) is 17.7. The maximum absolute atomic E-state index is 12.1. The fourth-order valence-electron chi connectivity index (χ4n) is 2.26. The van der Waals surface area contributed by atoms with Gasteiger partial charge >= 0.3 is 0 Å². The van der Waals surface area contributed by atoms with E-state index in [0.29, 0.717) is 18.1 Å². The number of H-pyrrole nitrogens is 1. The van der Waals surface area contributed by atoms with E-state index in [1.807, 2.05) is 30.5 Å². The summed E-state index contributed by atoms with van der Waals surface area (Å²) < 4.78 is 10.8. The lowest BCUT2D eigenvalue weighted by atomic mass is 10.2. The highest BCUT2D eigenvalue weighted by atomic mass is 32.1. The van der Waals surface area contributed by atoms with Crippen LogP contribution in [0.1, 0.15) is 23.0 Å². The quantitative estimate of drug-likeness (QED) is 0.493. The number of amides is 1. The first-order chi connectivity index (χ1) is 12.7. The zero-order chi connectivity index (χ0) is 18.4. The zero-order valence-electron chi connectivity index (χ0n) is 14.4. The normalized spacial score (nSPS) is 10.8. The molecule has 0 fully saturated rings. The molecule has 0 atom stereocenters. The van der Waals surface area contributed by atoms with Crippen molar-refractivity contribution >= 4 is 23.5 Å². The molecule has 1 amide bonds. The van der Waals surface area contributed by atoms with E-state index in [2.05, 4.69) is 20.7 Å². The van der Waals surface area contributed by atoms with Gasteiger partial charge in [0.1, 0.15) is 0 Å². The van der Waals surface area contributed by atoms with Gasteiger partial charge in [0.25, 0.3) is 5.91 Å². The third-order valence-corrected chi connectivity index (χ3v) is 4.37. The van der Waals surface area contributed by atoms with Crippen molar-refractivity contribution in [1.29, 1.82) is 0 Å². The lowest BCUT2D eigenvalue weighted by molar-refractivity contribution is 0.0950. The molecule has 134 valence electrons. The number of hydrazone groups is 1. The summed E-state index contributed by atoms with van der Waals surface area (Å²) >= 11 is 1.57. The number of carbonyl (C=O) groups excluding carboxylic acids is 1. The predicted molar refractivity (Wildman–Crippen MR) is 101 cm³/mol. The monoisotopic (exact) mass is 370 g/mol. The highest BCUT2D eigenvalue weighted by Gasteiger charge is 2.11. The van der Waals surface area contributed by atoms with Crippen LogP contribution in [0.4, 0.5) is 0 Å². The minimum absolute atomic E-state index is 0.273. The van der Waals surface area contributed by atoms with Crippen LogP contribution in [0.5, 0.6) is 11.5 Å². The number of nitrogens with zero attached hydrogens (tertiary/aromatic N) is 2. The number of rotatable bonds is 7. The van der Waals surface area contributed by atoms with Crippen LogP contribution in [0.3, 0.4) is 0 Å². The molecular weight excluding hydrogens is 352 g/mol. The number of benzene rings is 1. The summed E-state index contributed by atoms with van der Waals surface area (Å²) in [5, 5.41) is 12.8. The van der Waals surface area contributed by atoms with Crippen molar-refractivity contribution in [2.45, 2.75) is 6.92 Å². The van der Waals surface area contributed by atoms with Gasteiger partial charge in [0.2, 0.25) is 0 Å². The molecule has 0 saturated carbocycles. The number of thiophene rings is 1. The van der Waals surface area contributed by atoms with Crippen molar-refractivity contribution in [2.24, 2.45) is 5.10 Å². The number of ether oxygens (including phenoxy) is 2. The standard InChI is InChI=1S/C18H18N4O3S/c1-3-25-15-7-6-12(9-16(15)24-2)11-19-22-18(23)14-10-13(20-21-14)17-5-4-8-26-17/h4-11H,3H2,1-2H3,(H,20,21)(H,22,23). The van der Waals surface area contributed by atoms with Gasteiger partial charge in [-0.05, 0) is 48.2 Å². The Balaban J connectivity index is 1.64. The van der Waals surface area contributed by atoms with Gasteiger partial charge in [-0.3, -0.25) is 9.89 Å². The summed E-state index contributed by atoms with van der Waals surface area (Å²) in [6, 6.07) is 11.0. The first-order valence-electron chi connectivity index (χ1n) is 7.94. The van der Waals surface area contributed by atoms with Crippen LogP contribution in [-0.4, -0.2) is 36.0 Å². The molecule has 0 bridgehead atoms. The fraction of sp³-hybridized carbons (Fsp3) is 0.167. The second kappa shape index (κ2) is 8.30. The Morgan fingerprint density at radius 1 is 1.35 bits per heavy atom. The van der Waals surface area contributed by atoms with Gasteiger partial charge in [-0.1, -0.05) is 6.07 Å². The topological polar surface area (TPSA) is 88.6 Å². The lowest BCUT2D eigenvalue weighted by Gasteiger charge is -2.09. The SMILES string of the molecule is CCOc1ccc(C=NNC(=O)c2cc(-c3cccs3)[nH]n2)cc1OC. The van der Waals surface area contributed by atoms with E-state index < -0.39 is 5.91 Å². The summed E-state index contributed by atoms with van der Waals surface area (Å²) in [6.07, 6.45) is 1.53. The second-order valence-corrected chi connectivity index (χ2v) is 6.13. The van der Waals surface area contributed by atoms with Gasteiger partial charge < -0.3 is 9.47 Å². The largest absolute Gasteiger partial charge is 0.493 e. The van der Waals surface area contributed by atoms with Crippen molar-refractivity contribution in [2.75, 3.05) is 13.7 Å². The molecule has 0 saturated heterocycles. The van der Waals surface area contributed by atoms with Crippen molar-refractivity contribution in [3.05, 3.63) is 53.0 Å². The molecule has 0 aliphatic rings. The first-order valence-corrected chi connectivity index (χ1v) is 8.82. The average Bonchev–Trinajstić information content (AvgIpc) is 3.34. The van der Waals surface area contributed by atoms with Crippen LogP contribution in [0, 0.1) is 0 Å². The third-order valence-electron chi connectivity index (χ3n) is 3.46. The molecule has 0 aliphatic carbocycles. The van der Waals surface area contributed by atoms with Crippen molar-refractivity contribution < 1.29 is 14.3 Å². The van der Waals surface area contributed by atoms with E-state index in [1.165, 1.54) is 6.21 Å². The summed E-state index contributed by atoms with van der Waals surface area (Å²) in [6.45, 7) is 2.46. The van der Waals surface area contributed by atoms with Crippen LogP contribution in [0.2, 0.25) is 0 Å². The highest BCUT2D eigenvalue weighted by Crippen LogP contribution is 2.27. The molecule has 2 N–H and O–H groups in total. The van der Waals surface area contributed by atoms with Gasteiger partial charge in [0.05, 0.1) is 30.5 Å². The number of methoxy groups -OCH3 is 1. The molecule has 3 rings (SSSR count). The van der Waals surface area contributed by atoms with Gasteiger partial charge in [-0.2, -0.15) is 10.2 Å². The summed E-state index contributed by atoms with van der Waals surface area (Å²) in [4.78, 5) is 13.1. The molecule has 26 heavy (non-hydrogen) atoms. The number of hydrogen-bond acceptors (Lipinski definition) is 6. The molecule has 8 heteroatoms. The Morgan fingerprint density at radius 3 is 2.96 bits per heavy atom. The summed E-state index contributed by atoms with van der Waals surface area (Å²) in [7, 11) is 1.57. The minimum atomic E-state index is -0.391. The Kier molecular flexibility index (Phi) is 5.65. The van der Waals surface area contributed by atoms with Crippen LogP contribution < -0.4 is 14.9 Å². The van der Waals surface area contributed by atoms with E-state index in [1.54, 1.807) is 36.6 Å². The van der Waals surface area contributed by atoms with E-state index in [9.17, 15) is 4.79 Å². The number of hydrogen-bond donors (Lipinski definition) is 2. The van der Waals surface area contributed by atoms with E-state index in [0.717, 1.165) is 16.1 Å². The summed E-state index contributed by atoms with van der Waals surface area (Å²) in [5.41, 5.74) is 4.30. The third kappa shape index (κ3) is 4.09. The van der Waals surface area contributed by atoms with Gasteiger partial charge in [-0.15, -0.1) is 11.3 Å². The average molecular weight is 370 g/mol. The zero-order valence-corrected chi connectivity index (χ0v) is 15.2. The smallest absolute Gasteiger partial charge is 0.291 e. The molecular formula is C18H18N4O3S. The molecule has 0 radical (unpaired) electrons. The lowest BCUT2D eigenvalue weighted by Crippen LogP contribution is -2.18. The number of carbonyl (C=O) groups is 1. The maximum atomic E-state index is 12.1. The number of aromatic amines is 1. The minimum Gasteiger partial charge on any atom is -0.493 e. The van der Waals surface area contributed by atoms with E-state index in [-0.39, 0.29) is 5.69 Å². The Morgan fingerprint density at radius 2 is 2.23 bits per heavy atom. The Hall–Kier alpha value is -3.13. The Labute approximate surface area is 154 Å². The van der Waals surface area contributed by atoms with Crippen LogP contribution in [0.25, 0.3) is 10.6 Å².